The molecule has 5 heteroatoms. The summed E-state index contributed by atoms with van der Waals surface area (Å²) in [7, 11) is 2.17. The number of hydrogen-bond acceptors (Lipinski definition) is 4. The highest BCUT2D eigenvalue weighted by Crippen LogP contribution is 2.30. The molecule has 3 rings (SSSR count). The predicted molar refractivity (Wildman–Crippen MR) is 77.2 cm³/mol. The molecule has 0 aliphatic carbocycles. The fourth-order valence-electron chi connectivity index (χ4n) is 2.82. The first-order chi connectivity index (χ1) is 9.79. The first-order valence-corrected chi connectivity index (χ1v) is 7.48. The summed E-state index contributed by atoms with van der Waals surface area (Å²) >= 11 is 0. The average molecular weight is 274 g/mol. The van der Waals surface area contributed by atoms with Gasteiger partial charge in [-0.05, 0) is 45.0 Å². The van der Waals surface area contributed by atoms with Gasteiger partial charge >= 0.3 is 0 Å². The van der Waals surface area contributed by atoms with Crippen LogP contribution in [0.15, 0.2) is 22.8 Å². The molecule has 20 heavy (non-hydrogen) atoms. The molecule has 0 saturated carbocycles. The van der Waals surface area contributed by atoms with E-state index >= 15 is 0 Å². The zero-order valence-corrected chi connectivity index (χ0v) is 12.2. The first-order valence-electron chi connectivity index (χ1n) is 7.48. The Morgan fingerprint density at radius 3 is 3.00 bits per heavy atom. The van der Waals surface area contributed by atoms with Crippen LogP contribution in [-0.2, 0) is 6.54 Å². The lowest BCUT2D eigenvalue weighted by molar-refractivity contribution is 0.293. The van der Waals surface area contributed by atoms with Crippen LogP contribution < -0.4 is 0 Å². The Kier molecular flexibility index (Phi) is 3.87. The van der Waals surface area contributed by atoms with Crippen molar-refractivity contribution in [3.63, 3.8) is 0 Å². The van der Waals surface area contributed by atoms with E-state index < -0.39 is 0 Å². The summed E-state index contributed by atoms with van der Waals surface area (Å²) < 4.78 is 7.51. The van der Waals surface area contributed by atoms with Gasteiger partial charge in [0.15, 0.2) is 5.76 Å². The van der Waals surface area contributed by atoms with Gasteiger partial charge in [0.2, 0.25) is 5.82 Å². The number of nitrogens with zero attached hydrogens (tertiary/aromatic N) is 4. The highest BCUT2D eigenvalue weighted by molar-refractivity contribution is 5.45. The molecule has 0 bridgehead atoms. The third-order valence-electron chi connectivity index (χ3n) is 3.98. The number of furan rings is 1. The normalized spacial score (nSPS) is 19.8. The van der Waals surface area contributed by atoms with Crippen LogP contribution in [0.2, 0.25) is 0 Å². The van der Waals surface area contributed by atoms with E-state index in [1.807, 2.05) is 12.1 Å². The fraction of sp³-hybridized carbons (Fsp3) is 0.600. The molecule has 0 radical (unpaired) electrons. The van der Waals surface area contributed by atoms with Crippen molar-refractivity contribution < 1.29 is 4.42 Å². The molecule has 1 aliphatic rings. The second-order valence-electron chi connectivity index (χ2n) is 5.49. The predicted octanol–water partition coefficient (Wildman–Crippen LogP) is 3.10. The summed E-state index contributed by atoms with van der Waals surface area (Å²) in [5.74, 6) is 2.55. The molecule has 0 spiro atoms. The minimum absolute atomic E-state index is 0.392. The number of hydrogen-bond donors (Lipinski definition) is 0. The maximum Gasteiger partial charge on any atom is 0.217 e. The smallest absolute Gasteiger partial charge is 0.217 e. The quantitative estimate of drug-likeness (QED) is 0.840. The van der Waals surface area contributed by atoms with E-state index in [1.54, 1.807) is 6.26 Å². The maximum absolute atomic E-state index is 5.43. The summed E-state index contributed by atoms with van der Waals surface area (Å²) in [5.41, 5.74) is 0. The molecule has 2 aromatic heterocycles. The molecule has 1 aliphatic heterocycles. The van der Waals surface area contributed by atoms with Crippen LogP contribution in [0.25, 0.3) is 11.6 Å². The van der Waals surface area contributed by atoms with Crippen molar-refractivity contribution in [2.24, 2.45) is 0 Å². The number of aromatic nitrogens is 3. The van der Waals surface area contributed by atoms with E-state index in [1.165, 1.54) is 12.8 Å². The molecular formula is C15H22N4O. The Hall–Kier alpha value is -1.62. The maximum atomic E-state index is 5.43. The lowest BCUT2D eigenvalue weighted by atomic mass is 10.2. The molecule has 0 N–H and O–H groups in total. The lowest BCUT2D eigenvalue weighted by Crippen LogP contribution is -2.21. The number of likely N-dealkylation sites (tertiary alicyclic amines) is 1. The van der Waals surface area contributed by atoms with Crippen LogP contribution in [0.5, 0.6) is 0 Å². The van der Waals surface area contributed by atoms with Gasteiger partial charge in [-0.1, -0.05) is 13.3 Å². The molecule has 5 nitrogen and oxygen atoms in total. The van der Waals surface area contributed by atoms with Gasteiger partial charge < -0.3 is 4.42 Å². The Morgan fingerprint density at radius 1 is 1.45 bits per heavy atom. The van der Waals surface area contributed by atoms with Gasteiger partial charge in [-0.3, -0.25) is 4.90 Å². The van der Waals surface area contributed by atoms with E-state index in [0.29, 0.717) is 11.9 Å². The van der Waals surface area contributed by atoms with E-state index in [4.69, 9.17) is 9.40 Å². The van der Waals surface area contributed by atoms with Crippen LogP contribution in [-0.4, -0.2) is 33.3 Å². The van der Waals surface area contributed by atoms with Crippen molar-refractivity contribution in [3.8, 4) is 11.6 Å². The largest absolute Gasteiger partial charge is 0.461 e. The molecule has 2 aromatic rings. The Labute approximate surface area is 119 Å². The summed E-state index contributed by atoms with van der Waals surface area (Å²) in [6.45, 7) is 4.27. The van der Waals surface area contributed by atoms with Crippen molar-refractivity contribution in [1.82, 2.24) is 19.7 Å². The van der Waals surface area contributed by atoms with Crippen LogP contribution in [0.3, 0.4) is 0 Å². The molecule has 0 amide bonds. The Balaban J connectivity index is 1.93. The van der Waals surface area contributed by atoms with Crippen molar-refractivity contribution in [1.29, 1.82) is 0 Å². The van der Waals surface area contributed by atoms with Gasteiger partial charge in [-0.2, -0.15) is 0 Å². The van der Waals surface area contributed by atoms with E-state index in [0.717, 1.165) is 37.5 Å². The number of rotatable bonds is 5. The monoisotopic (exact) mass is 274 g/mol. The first kappa shape index (κ1) is 13.4. The molecule has 1 fully saturated rings. The Morgan fingerprint density at radius 2 is 2.35 bits per heavy atom. The SMILES string of the molecule is CCCCn1nc(-c2ccco2)nc1[C@@H]1CCCN1C. The molecule has 1 saturated heterocycles. The zero-order chi connectivity index (χ0) is 13.9. The number of aryl methyl sites for hydroxylation is 1. The van der Waals surface area contributed by atoms with Crippen molar-refractivity contribution in [2.45, 2.75) is 45.2 Å². The van der Waals surface area contributed by atoms with Crippen LogP contribution >= 0.6 is 0 Å². The Bertz CT molecular complexity index is 546. The average Bonchev–Trinajstić information content (AvgIpc) is 3.15. The second-order valence-corrected chi connectivity index (χ2v) is 5.49. The van der Waals surface area contributed by atoms with Crippen LogP contribution in [0.1, 0.15) is 44.5 Å². The third kappa shape index (κ3) is 2.50. The summed E-state index contributed by atoms with van der Waals surface area (Å²) in [6.07, 6.45) is 6.36. The standard InChI is InChI=1S/C15H22N4O/c1-3-4-10-19-15(12-7-5-9-18(12)2)16-14(17-19)13-8-6-11-20-13/h6,8,11-12H,3-5,7,9-10H2,1-2H3/t12-/m0/s1. The molecule has 1 atom stereocenters. The van der Waals surface area contributed by atoms with Crippen molar-refractivity contribution >= 4 is 0 Å². The van der Waals surface area contributed by atoms with Crippen LogP contribution in [0, 0.1) is 0 Å². The zero-order valence-electron chi connectivity index (χ0n) is 12.2. The summed E-state index contributed by atoms with van der Waals surface area (Å²) in [4.78, 5) is 7.13. The van der Waals surface area contributed by atoms with E-state index in [-0.39, 0.29) is 0 Å². The van der Waals surface area contributed by atoms with E-state index in [2.05, 4.69) is 28.7 Å². The van der Waals surface area contributed by atoms with Gasteiger partial charge in [0.05, 0.1) is 12.3 Å². The van der Waals surface area contributed by atoms with Crippen LogP contribution in [0.4, 0.5) is 0 Å². The minimum Gasteiger partial charge on any atom is -0.461 e. The highest BCUT2D eigenvalue weighted by Gasteiger charge is 2.28. The van der Waals surface area contributed by atoms with Gasteiger partial charge in [0.25, 0.3) is 0 Å². The van der Waals surface area contributed by atoms with Crippen molar-refractivity contribution in [3.05, 3.63) is 24.2 Å². The molecule has 0 aromatic carbocycles. The van der Waals surface area contributed by atoms with Crippen molar-refractivity contribution in [2.75, 3.05) is 13.6 Å². The molecule has 108 valence electrons. The fourth-order valence-corrected chi connectivity index (χ4v) is 2.82. The van der Waals surface area contributed by atoms with Gasteiger partial charge in [-0.15, -0.1) is 5.10 Å². The van der Waals surface area contributed by atoms with E-state index in [9.17, 15) is 0 Å². The van der Waals surface area contributed by atoms with Gasteiger partial charge in [0.1, 0.15) is 5.82 Å². The highest BCUT2D eigenvalue weighted by atomic mass is 16.3. The second kappa shape index (κ2) is 5.79. The number of unbranched alkanes of at least 4 members (excludes halogenated alkanes) is 1. The molecule has 3 heterocycles. The molecular weight excluding hydrogens is 252 g/mol. The van der Waals surface area contributed by atoms with Gasteiger partial charge in [-0.25, -0.2) is 9.67 Å². The molecule has 0 unspecified atom stereocenters. The topological polar surface area (TPSA) is 47.1 Å². The minimum atomic E-state index is 0.392. The summed E-state index contributed by atoms with van der Waals surface area (Å²) in [6, 6.07) is 4.19. The summed E-state index contributed by atoms with van der Waals surface area (Å²) in [5, 5.41) is 4.65. The lowest BCUT2D eigenvalue weighted by Gasteiger charge is -2.19. The third-order valence-corrected chi connectivity index (χ3v) is 3.98. The van der Waals surface area contributed by atoms with Gasteiger partial charge in [0, 0.05) is 6.54 Å².